The molecule has 12 aromatic carbocycles. The smallest absolute Gasteiger partial charge is 0.0998 e. The molecular weight excluding hydrogens is 909 g/mol. The molecule has 4 nitrogen and oxygen atoms in total. The molecule has 13 rings (SSSR count). The van der Waals surface area contributed by atoms with Crippen LogP contribution in [0.3, 0.4) is 0 Å². The fourth-order valence-electron chi connectivity index (χ4n) is 11.4. The minimum atomic E-state index is -0.0657. The van der Waals surface area contributed by atoms with Gasteiger partial charge in [-0.3, -0.25) is 0 Å². The van der Waals surface area contributed by atoms with Gasteiger partial charge < -0.3 is 9.80 Å². The predicted octanol–water partition coefficient (Wildman–Crippen LogP) is 19.1. The minimum Gasteiger partial charge on any atom is -0.309 e. The second-order valence-corrected chi connectivity index (χ2v) is 20.7. The van der Waals surface area contributed by atoms with Gasteiger partial charge in [0.1, 0.15) is 0 Å². The maximum atomic E-state index is 10.7. The van der Waals surface area contributed by atoms with Crippen molar-refractivity contribution in [1.29, 1.82) is 10.5 Å². The monoisotopic (exact) mass is 958 g/mol. The van der Waals surface area contributed by atoms with E-state index in [0.29, 0.717) is 17.5 Å². The Balaban J connectivity index is 1.21. The van der Waals surface area contributed by atoms with Gasteiger partial charge in [0, 0.05) is 45.1 Å². The molecule has 4 heteroatoms. The fourth-order valence-corrected chi connectivity index (χ4v) is 11.4. The third-order valence-electron chi connectivity index (χ3n) is 15.2. The molecule has 1 aliphatic heterocycles. The lowest BCUT2D eigenvalue weighted by Crippen LogP contribution is -2.19. The normalized spacial score (nSPS) is 12.3. The van der Waals surface area contributed by atoms with Gasteiger partial charge in [0.2, 0.25) is 0 Å². The number of hydrogen-bond acceptors (Lipinski definition) is 4. The summed E-state index contributed by atoms with van der Waals surface area (Å²) in [5.41, 5.74) is 18.9. The van der Waals surface area contributed by atoms with E-state index in [1.807, 2.05) is 48.5 Å². The Labute approximate surface area is 438 Å². The van der Waals surface area contributed by atoms with Gasteiger partial charge in [-0.1, -0.05) is 203 Å². The van der Waals surface area contributed by atoms with Gasteiger partial charge in [-0.15, -0.1) is 0 Å². The highest BCUT2D eigenvalue weighted by molar-refractivity contribution is 6.29. The third-order valence-corrected chi connectivity index (χ3v) is 15.2. The molecule has 0 radical (unpaired) electrons. The molecule has 12 aromatic rings. The Morgan fingerprint density at radius 2 is 0.773 bits per heavy atom. The van der Waals surface area contributed by atoms with Crippen molar-refractivity contribution < 1.29 is 0 Å². The number of hydrogen-bond donors (Lipinski definition) is 0. The van der Waals surface area contributed by atoms with E-state index in [1.165, 1.54) is 27.1 Å². The highest BCUT2D eigenvalue weighted by Crippen LogP contribution is 2.54. The first kappa shape index (κ1) is 45.1. The van der Waals surface area contributed by atoms with Crippen LogP contribution >= 0.6 is 0 Å². The van der Waals surface area contributed by atoms with Crippen molar-refractivity contribution in [2.75, 3.05) is 9.80 Å². The van der Waals surface area contributed by atoms with Gasteiger partial charge in [-0.2, -0.15) is 10.5 Å². The van der Waals surface area contributed by atoms with Gasteiger partial charge >= 0.3 is 0 Å². The van der Waals surface area contributed by atoms with Gasteiger partial charge in [0.25, 0.3) is 0 Å². The zero-order valence-corrected chi connectivity index (χ0v) is 42.0. The maximum Gasteiger partial charge on any atom is 0.0998 e. The summed E-state index contributed by atoms with van der Waals surface area (Å²) in [6.45, 7) is 6.86. The van der Waals surface area contributed by atoms with E-state index in [1.54, 1.807) is 0 Å². The van der Waals surface area contributed by atoms with Crippen molar-refractivity contribution in [2.24, 2.45) is 0 Å². The van der Waals surface area contributed by atoms with Crippen LogP contribution in [0.4, 0.5) is 34.1 Å². The second kappa shape index (κ2) is 18.1. The molecule has 0 aliphatic carbocycles. The van der Waals surface area contributed by atoms with E-state index in [2.05, 4.69) is 231 Å². The molecule has 75 heavy (non-hydrogen) atoms. The summed E-state index contributed by atoms with van der Waals surface area (Å²) >= 11 is 0. The molecule has 0 amide bonds. The lowest BCUT2D eigenvalue weighted by atomic mass is 9.83. The van der Waals surface area contributed by atoms with E-state index >= 15 is 0 Å². The Morgan fingerprint density at radius 1 is 0.360 bits per heavy atom. The van der Waals surface area contributed by atoms with Crippen LogP contribution in [0.15, 0.2) is 237 Å². The Bertz CT molecular complexity index is 3990. The average Bonchev–Trinajstić information content (AvgIpc) is 3.48. The number of nitrogens with zero attached hydrogens (tertiary/aromatic N) is 4. The fraction of sp³-hybridized carbons (Fsp3) is 0.0704. The molecule has 0 unspecified atom stereocenters. The van der Waals surface area contributed by atoms with Crippen molar-refractivity contribution in [3.8, 4) is 56.6 Å². The summed E-state index contributed by atoms with van der Waals surface area (Å²) in [7, 11) is 0. The SMILES string of the molecule is CC(C)(C)c1cc2ccc3c4cc(c5ccc(c1)c2c35)N(c1ccc(C#N)c(-c2ccccc2)c1)c1cc(-c2ccccc2)ccc1Cc1ccc(-c2ccccc2)cc1N4c1ccc(C#N)c(-c2ccccc2)c1. The van der Waals surface area contributed by atoms with Crippen LogP contribution in [0.1, 0.15) is 48.6 Å². The van der Waals surface area contributed by atoms with E-state index in [9.17, 15) is 10.5 Å². The molecule has 0 N–H and O–H groups in total. The number of nitriles is 2. The number of benzene rings is 12. The molecule has 2 bridgehead atoms. The van der Waals surface area contributed by atoms with Crippen molar-refractivity contribution in [3.63, 3.8) is 0 Å². The number of rotatable bonds is 6. The molecular formula is C71H50N4. The maximum absolute atomic E-state index is 10.7. The van der Waals surface area contributed by atoms with Crippen LogP contribution < -0.4 is 9.80 Å². The van der Waals surface area contributed by atoms with Gasteiger partial charge in [0.15, 0.2) is 0 Å². The Morgan fingerprint density at radius 3 is 1.17 bits per heavy atom. The standard InChI is InChI=1S/C71H50N4/c1-71(2,3)58-37-54-30-34-61-67-43-68(62-35-31-55(38-58)69(54)70(61)62)75(60-33-29-57(45-73)64(42-60)49-22-14-7-15-23-49)66-40-51(47-18-10-5-11-19-47)25-27-53(66)36-52-26-24-50(46-16-8-4-9-17-46)39-65(52)74(67)59-32-28-56(44-72)63(41-59)48-20-12-6-13-21-48/h4-35,37-43H,36H2,1-3H3. The molecule has 1 aliphatic rings. The van der Waals surface area contributed by atoms with Crippen LogP contribution in [-0.2, 0) is 11.8 Å². The van der Waals surface area contributed by atoms with Crippen molar-refractivity contribution >= 4 is 66.4 Å². The molecule has 0 fully saturated rings. The zero-order valence-electron chi connectivity index (χ0n) is 42.0. The summed E-state index contributed by atoms with van der Waals surface area (Å²) in [4.78, 5) is 4.92. The quantitative estimate of drug-likeness (QED) is 0.156. The molecule has 354 valence electrons. The van der Waals surface area contributed by atoms with Crippen LogP contribution in [0.5, 0.6) is 0 Å². The summed E-state index contributed by atoms with van der Waals surface area (Å²) in [5, 5.41) is 28.4. The lowest BCUT2D eigenvalue weighted by Gasteiger charge is -2.36. The summed E-state index contributed by atoms with van der Waals surface area (Å²) in [6, 6.07) is 89.8. The van der Waals surface area contributed by atoms with E-state index in [-0.39, 0.29) is 5.41 Å². The first-order valence-corrected chi connectivity index (χ1v) is 25.6. The Hall–Kier alpha value is -9.74. The first-order chi connectivity index (χ1) is 36.7. The average molecular weight is 959 g/mol. The zero-order chi connectivity index (χ0) is 50.8. The second-order valence-electron chi connectivity index (χ2n) is 20.7. The molecule has 1 heterocycles. The summed E-state index contributed by atoms with van der Waals surface area (Å²) in [5.74, 6) is 0. The molecule has 0 atom stereocenters. The van der Waals surface area contributed by atoms with Crippen LogP contribution in [0, 0.1) is 22.7 Å². The summed E-state index contributed by atoms with van der Waals surface area (Å²) in [6.07, 6.45) is 0.599. The number of fused-ring (bicyclic) bond motifs is 6. The molecule has 0 aromatic heterocycles. The van der Waals surface area contributed by atoms with Crippen molar-refractivity contribution in [3.05, 3.63) is 264 Å². The minimum absolute atomic E-state index is 0.0657. The molecule has 0 saturated carbocycles. The van der Waals surface area contributed by atoms with Crippen LogP contribution in [0.2, 0.25) is 0 Å². The summed E-state index contributed by atoms with van der Waals surface area (Å²) < 4.78 is 0. The molecule has 0 saturated heterocycles. The Kier molecular flexibility index (Phi) is 10.9. The molecule has 0 spiro atoms. The van der Waals surface area contributed by atoms with Crippen LogP contribution in [0.25, 0.3) is 76.8 Å². The van der Waals surface area contributed by atoms with Crippen molar-refractivity contribution in [1.82, 2.24) is 0 Å². The van der Waals surface area contributed by atoms with Gasteiger partial charge in [-0.25, -0.2) is 0 Å². The van der Waals surface area contributed by atoms with E-state index < -0.39 is 0 Å². The van der Waals surface area contributed by atoms with Gasteiger partial charge in [-0.05, 0) is 126 Å². The largest absolute Gasteiger partial charge is 0.309 e. The predicted molar refractivity (Wildman–Crippen MR) is 312 cm³/mol. The van der Waals surface area contributed by atoms with E-state index in [0.717, 1.165) is 101 Å². The lowest BCUT2D eigenvalue weighted by molar-refractivity contribution is 0.591. The first-order valence-electron chi connectivity index (χ1n) is 25.6. The van der Waals surface area contributed by atoms with Crippen LogP contribution in [-0.4, -0.2) is 0 Å². The highest BCUT2D eigenvalue weighted by atomic mass is 15.2. The number of anilines is 6. The third kappa shape index (κ3) is 7.84. The van der Waals surface area contributed by atoms with E-state index in [4.69, 9.17) is 0 Å². The van der Waals surface area contributed by atoms with Crippen molar-refractivity contribution in [2.45, 2.75) is 32.6 Å². The topological polar surface area (TPSA) is 54.1 Å². The highest BCUT2D eigenvalue weighted by Gasteiger charge is 2.30. The van der Waals surface area contributed by atoms with Gasteiger partial charge in [0.05, 0.1) is 46.0 Å².